The molecule has 1 atom stereocenters. The molecule has 7 heteroatoms. The molecule has 1 amide bonds. The van der Waals surface area contributed by atoms with E-state index in [1.54, 1.807) is 29.9 Å². The van der Waals surface area contributed by atoms with Gasteiger partial charge in [0.25, 0.3) is 0 Å². The summed E-state index contributed by atoms with van der Waals surface area (Å²) in [6.07, 6.45) is 5.21. The van der Waals surface area contributed by atoms with Crippen molar-refractivity contribution in [3.05, 3.63) is 42.9 Å². The average Bonchev–Trinajstić information content (AvgIpc) is 3.19. The van der Waals surface area contributed by atoms with Gasteiger partial charge in [0.2, 0.25) is 11.9 Å². The fraction of sp³-hybridized carbons (Fsp3) is 0.154. The minimum Gasteiger partial charge on any atom is -0.461 e. The third-order valence-corrected chi connectivity index (χ3v) is 2.93. The summed E-state index contributed by atoms with van der Waals surface area (Å²) >= 11 is 0. The van der Waals surface area contributed by atoms with E-state index >= 15 is 0 Å². The summed E-state index contributed by atoms with van der Waals surface area (Å²) in [5.74, 6) is 1.07. The molecule has 3 heterocycles. The molecule has 0 fully saturated rings. The first kappa shape index (κ1) is 12.2. The van der Waals surface area contributed by atoms with Gasteiger partial charge in [0.15, 0.2) is 11.6 Å². The standard InChI is InChI=1S/C13H13N5O2/c1-9(18-6-2-3-7-18)12(19)15-13-14-11(16-17-13)10-5-4-8-20-10/h2-9H,1H3,(H2,14,15,16,17,19)/t9-/m0/s1. The van der Waals surface area contributed by atoms with Crippen molar-refractivity contribution in [2.75, 3.05) is 5.32 Å². The van der Waals surface area contributed by atoms with E-state index < -0.39 is 0 Å². The number of furan rings is 1. The Morgan fingerprint density at radius 2 is 2.20 bits per heavy atom. The molecule has 0 aliphatic heterocycles. The molecular formula is C13H13N5O2. The van der Waals surface area contributed by atoms with Gasteiger partial charge < -0.3 is 8.98 Å². The van der Waals surface area contributed by atoms with Crippen molar-refractivity contribution in [3.63, 3.8) is 0 Å². The highest BCUT2D eigenvalue weighted by atomic mass is 16.3. The number of nitrogens with zero attached hydrogens (tertiary/aromatic N) is 3. The van der Waals surface area contributed by atoms with E-state index in [4.69, 9.17) is 4.42 Å². The molecule has 0 saturated carbocycles. The zero-order valence-electron chi connectivity index (χ0n) is 10.8. The first-order valence-electron chi connectivity index (χ1n) is 6.13. The molecule has 3 aromatic rings. The van der Waals surface area contributed by atoms with Crippen LogP contribution in [0, 0.1) is 0 Å². The molecule has 7 nitrogen and oxygen atoms in total. The molecule has 2 N–H and O–H groups in total. The maximum absolute atomic E-state index is 12.1. The molecule has 0 spiro atoms. The molecule has 0 unspecified atom stereocenters. The Kier molecular flexibility index (Phi) is 3.08. The summed E-state index contributed by atoms with van der Waals surface area (Å²) in [7, 11) is 0. The molecule has 0 aliphatic carbocycles. The normalized spacial score (nSPS) is 12.2. The number of rotatable bonds is 4. The van der Waals surface area contributed by atoms with Gasteiger partial charge in [0, 0.05) is 12.4 Å². The van der Waals surface area contributed by atoms with Crippen molar-refractivity contribution in [2.24, 2.45) is 0 Å². The van der Waals surface area contributed by atoms with E-state index in [0.717, 1.165) is 0 Å². The number of carbonyl (C=O) groups excluding carboxylic acids is 1. The van der Waals surface area contributed by atoms with Gasteiger partial charge in [0.1, 0.15) is 6.04 Å². The fourth-order valence-electron chi connectivity index (χ4n) is 1.80. The molecule has 3 aromatic heterocycles. The molecular weight excluding hydrogens is 258 g/mol. The molecule has 3 rings (SSSR count). The summed E-state index contributed by atoms with van der Waals surface area (Å²) in [5, 5.41) is 9.31. The van der Waals surface area contributed by atoms with Crippen LogP contribution in [0.2, 0.25) is 0 Å². The van der Waals surface area contributed by atoms with Crippen LogP contribution in [0.4, 0.5) is 5.95 Å². The second kappa shape index (κ2) is 5.04. The number of aromatic amines is 1. The third kappa shape index (κ3) is 2.33. The van der Waals surface area contributed by atoms with Gasteiger partial charge in [-0.05, 0) is 31.2 Å². The topological polar surface area (TPSA) is 88.7 Å². The van der Waals surface area contributed by atoms with Gasteiger partial charge >= 0.3 is 0 Å². The van der Waals surface area contributed by atoms with E-state index in [1.165, 1.54) is 0 Å². The number of hydrogen-bond acceptors (Lipinski definition) is 4. The average molecular weight is 271 g/mol. The van der Waals surface area contributed by atoms with Crippen LogP contribution in [0.1, 0.15) is 13.0 Å². The number of amides is 1. The van der Waals surface area contributed by atoms with Crippen molar-refractivity contribution in [2.45, 2.75) is 13.0 Å². The second-order valence-electron chi connectivity index (χ2n) is 4.28. The lowest BCUT2D eigenvalue weighted by Crippen LogP contribution is -2.23. The van der Waals surface area contributed by atoms with Crippen LogP contribution < -0.4 is 5.32 Å². The van der Waals surface area contributed by atoms with Gasteiger partial charge in [-0.3, -0.25) is 15.2 Å². The lowest BCUT2D eigenvalue weighted by Gasteiger charge is -2.11. The molecule has 20 heavy (non-hydrogen) atoms. The first-order chi connectivity index (χ1) is 9.74. The molecule has 0 radical (unpaired) electrons. The van der Waals surface area contributed by atoms with E-state index in [2.05, 4.69) is 20.5 Å². The van der Waals surface area contributed by atoms with Crippen LogP contribution >= 0.6 is 0 Å². The smallest absolute Gasteiger partial charge is 0.249 e. The number of nitrogens with one attached hydrogen (secondary N) is 2. The highest BCUT2D eigenvalue weighted by Crippen LogP contribution is 2.16. The summed E-state index contributed by atoms with van der Waals surface area (Å²) in [6, 6.07) is 6.91. The minimum absolute atomic E-state index is 0.189. The number of hydrogen-bond donors (Lipinski definition) is 2. The van der Waals surface area contributed by atoms with Crippen LogP contribution in [-0.2, 0) is 4.79 Å². The maximum Gasteiger partial charge on any atom is 0.249 e. The zero-order chi connectivity index (χ0) is 13.9. The van der Waals surface area contributed by atoms with E-state index in [1.807, 2.05) is 24.5 Å². The Hall–Kier alpha value is -2.83. The van der Waals surface area contributed by atoms with Crippen molar-refractivity contribution in [3.8, 4) is 11.6 Å². The van der Waals surface area contributed by atoms with Crippen molar-refractivity contribution >= 4 is 11.9 Å². The maximum atomic E-state index is 12.1. The Balaban J connectivity index is 1.70. The summed E-state index contributed by atoms with van der Waals surface area (Å²) in [4.78, 5) is 16.2. The SMILES string of the molecule is C[C@@H](C(=O)Nc1n[nH]c(-c2ccco2)n1)n1cccc1. The van der Waals surface area contributed by atoms with Crippen molar-refractivity contribution in [1.29, 1.82) is 0 Å². The highest BCUT2D eigenvalue weighted by molar-refractivity contribution is 5.92. The van der Waals surface area contributed by atoms with E-state index in [-0.39, 0.29) is 17.9 Å². The lowest BCUT2D eigenvalue weighted by molar-refractivity contribution is -0.118. The summed E-state index contributed by atoms with van der Waals surface area (Å²) in [5.41, 5.74) is 0. The third-order valence-electron chi connectivity index (χ3n) is 2.93. The summed E-state index contributed by atoms with van der Waals surface area (Å²) in [6.45, 7) is 1.80. The Bertz CT molecular complexity index is 684. The second-order valence-corrected chi connectivity index (χ2v) is 4.28. The molecule has 0 saturated heterocycles. The van der Waals surface area contributed by atoms with Crippen LogP contribution in [0.25, 0.3) is 11.6 Å². The monoisotopic (exact) mass is 271 g/mol. The number of H-pyrrole nitrogens is 1. The summed E-state index contributed by atoms with van der Waals surface area (Å²) < 4.78 is 6.99. The van der Waals surface area contributed by atoms with Gasteiger partial charge in [-0.1, -0.05) is 0 Å². The lowest BCUT2D eigenvalue weighted by atomic mass is 10.3. The zero-order valence-corrected chi connectivity index (χ0v) is 10.8. The van der Waals surface area contributed by atoms with Crippen molar-refractivity contribution in [1.82, 2.24) is 19.7 Å². The van der Waals surface area contributed by atoms with E-state index in [0.29, 0.717) is 11.6 Å². The van der Waals surface area contributed by atoms with E-state index in [9.17, 15) is 4.79 Å². The predicted molar refractivity (Wildman–Crippen MR) is 71.9 cm³/mol. The minimum atomic E-state index is -0.337. The van der Waals surface area contributed by atoms with Gasteiger partial charge in [-0.2, -0.15) is 4.98 Å². The molecule has 0 aromatic carbocycles. The van der Waals surface area contributed by atoms with Crippen molar-refractivity contribution < 1.29 is 9.21 Å². The molecule has 0 bridgehead atoms. The predicted octanol–water partition coefficient (Wildman–Crippen LogP) is 2.07. The molecule has 102 valence electrons. The largest absolute Gasteiger partial charge is 0.461 e. The van der Waals surface area contributed by atoms with Gasteiger partial charge in [-0.15, -0.1) is 5.10 Å². The Labute approximate surface area is 114 Å². The molecule has 0 aliphatic rings. The fourth-order valence-corrected chi connectivity index (χ4v) is 1.80. The van der Waals surface area contributed by atoms with Crippen LogP contribution in [0.15, 0.2) is 47.3 Å². The number of aromatic nitrogens is 4. The quantitative estimate of drug-likeness (QED) is 0.760. The van der Waals surface area contributed by atoms with Gasteiger partial charge in [-0.25, -0.2) is 0 Å². The first-order valence-corrected chi connectivity index (χ1v) is 6.13. The number of carbonyl (C=O) groups is 1. The Morgan fingerprint density at radius 3 is 2.90 bits per heavy atom. The highest BCUT2D eigenvalue weighted by Gasteiger charge is 2.16. The number of anilines is 1. The van der Waals surface area contributed by atoms with Crippen LogP contribution in [0.5, 0.6) is 0 Å². The Morgan fingerprint density at radius 1 is 1.40 bits per heavy atom. The van der Waals surface area contributed by atoms with Crippen LogP contribution in [0.3, 0.4) is 0 Å². The van der Waals surface area contributed by atoms with Crippen LogP contribution in [-0.4, -0.2) is 25.7 Å². The van der Waals surface area contributed by atoms with Gasteiger partial charge in [0.05, 0.1) is 6.26 Å².